The zero-order valence-electron chi connectivity index (χ0n) is 8.82. The average molecular weight is 283 g/mol. The number of rotatable bonds is 1. The van der Waals surface area contributed by atoms with Crippen molar-refractivity contribution < 1.29 is 35.1 Å². The fourth-order valence-electron chi connectivity index (χ4n) is 1.82. The van der Waals surface area contributed by atoms with Crippen molar-refractivity contribution in [3.05, 3.63) is 12.3 Å². The molecule has 0 radical (unpaired) electrons. The number of halogens is 8. The molecule has 18 heavy (non-hydrogen) atoms. The average Bonchev–Trinajstić information content (AvgIpc) is 2.25. The van der Waals surface area contributed by atoms with Gasteiger partial charge in [-0.2, -0.15) is 30.7 Å². The van der Waals surface area contributed by atoms with Gasteiger partial charge in [0.2, 0.25) is 5.95 Å². The first-order valence-electron chi connectivity index (χ1n) is 4.90. The van der Waals surface area contributed by atoms with Gasteiger partial charge in [0.05, 0.1) is 11.8 Å². The summed E-state index contributed by atoms with van der Waals surface area (Å²) in [5.74, 6) is -6.38. The summed E-state index contributed by atoms with van der Waals surface area (Å²) in [7, 11) is 0. The second kappa shape index (κ2) is 4.93. The number of hydrogen-bond donors (Lipinski definition) is 0. The van der Waals surface area contributed by atoms with Crippen LogP contribution in [-0.2, 0) is 0 Å². The number of nitrogens with zero attached hydrogens (tertiary/aromatic N) is 1. The van der Waals surface area contributed by atoms with Crippen LogP contribution in [0.5, 0.6) is 0 Å². The predicted octanol–water partition coefficient (Wildman–Crippen LogP) is 3.79. The Morgan fingerprint density at radius 1 is 0.944 bits per heavy atom. The van der Waals surface area contributed by atoms with Crippen LogP contribution in [0, 0.1) is 11.8 Å². The van der Waals surface area contributed by atoms with E-state index in [1.54, 1.807) is 0 Å². The fourth-order valence-corrected chi connectivity index (χ4v) is 1.82. The molecule has 9 heteroatoms. The SMILES string of the molecule is F/C=C(/F)N1CC(C(F)(F)F)CC(C(F)(F)F)C1. The molecule has 1 saturated heterocycles. The lowest BCUT2D eigenvalue weighted by atomic mass is 9.88. The second-order valence-corrected chi connectivity index (χ2v) is 4.05. The van der Waals surface area contributed by atoms with Crippen molar-refractivity contribution in [3.63, 3.8) is 0 Å². The Morgan fingerprint density at radius 3 is 1.61 bits per heavy atom. The molecule has 0 bridgehead atoms. The van der Waals surface area contributed by atoms with Gasteiger partial charge in [-0.15, -0.1) is 0 Å². The molecule has 0 aliphatic carbocycles. The van der Waals surface area contributed by atoms with E-state index in [2.05, 4.69) is 0 Å². The van der Waals surface area contributed by atoms with Crippen LogP contribution in [0.3, 0.4) is 0 Å². The van der Waals surface area contributed by atoms with E-state index < -0.39 is 56.0 Å². The van der Waals surface area contributed by atoms with Gasteiger partial charge in [0.25, 0.3) is 0 Å². The Balaban J connectivity index is 2.93. The summed E-state index contributed by atoms with van der Waals surface area (Å²) in [5.41, 5.74) is 0. The third-order valence-corrected chi connectivity index (χ3v) is 2.77. The Hall–Kier alpha value is -1.02. The van der Waals surface area contributed by atoms with E-state index in [1.165, 1.54) is 0 Å². The lowest BCUT2D eigenvalue weighted by Crippen LogP contribution is -2.48. The van der Waals surface area contributed by atoms with Crippen molar-refractivity contribution in [3.8, 4) is 0 Å². The molecule has 1 aliphatic heterocycles. The predicted molar refractivity (Wildman–Crippen MR) is 45.6 cm³/mol. The molecular weight excluding hydrogens is 274 g/mol. The number of likely N-dealkylation sites (tertiary alicyclic amines) is 1. The standard InChI is InChI=1S/C9H9F8N/c10-2-7(11)18-3-5(8(12,13)14)1-6(4-18)9(15,16)17/h2,5-6H,1,3-4H2/b7-2-. The Kier molecular flexibility index (Phi) is 4.12. The molecular formula is C9H9F8N. The molecule has 0 aromatic rings. The van der Waals surface area contributed by atoms with E-state index in [1.807, 2.05) is 0 Å². The largest absolute Gasteiger partial charge is 0.393 e. The molecule has 1 fully saturated rings. The third-order valence-electron chi connectivity index (χ3n) is 2.77. The molecule has 0 spiro atoms. The van der Waals surface area contributed by atoms with Gasteiger partial charge in [-0.05, 0) is 6.42 Å². The minimum absolute atomic E-state index is 0.125. The van der Waals surface area contributed by atoms with Crippen molar-refractivity contribution >= 4 is 0 Å². The number of hydrogen-bond acceptors (Lipinski definition) is 1. The lowest BCUT2D eigenvalue weighted by Gasteiger charge is -2.38. The molecule has 2 unspecified atom stereocenters. The highest BCUT2D eigenvalue weighted by Gasteiger charge is 2.51. The molecule has 0 saturated carbocycles. The first-order chi connectivity index (χ1) is 8.05. The van der Waals surface area contributed by atoms with Crippen LogP contribution in [0.25, 0.3) is 0 Å². The van der Waals surface area contributed by atoms with Crippen molar-refractivity contribution in [2.24, 2.45) is 11.8 Å². The van der Waals surface area contributed by atoms with Crippen LogP contribution in [-0.4, -0.2) is 30.3 Å². The molecule has 0 amide bonds. The summed E-state index contributed by atoms with van der Waals surface area (Å²) in [5, 5.41) is 0. The third kappa shape index (κ3) is 3.49. The van der Waals surface area contributed by atoms with Gasteiger partial charge in [-0.3, -0.25) is 0 Å². The van der Waals surface area contributed by atoms with Crippen LogP contribution in [0.2, 0.25) is 0 Å². The molecule has 2 atom stereocenters. The molecule has 1 aliphatic rings. The molecule has 0 aromatic heterocycles. The summed E-state index contributed by atoms with van der Waals surface area (Å²) >= 11 is 0. The molecule has 1 nitrogen and oxygen atoms in total. The van der Waals surface area contributed by atoms with Crippen LogP contribution in [0.15, 0.2) is 12.3 Å². The summed E-state index contributed by atoms with van der Waals surface area (Å²) in [6.07, 6.45) is -11.6. The highest BCUT2D eigenvalue weighted by Crippen LogP contribution is 2.42. The summed E-state index contributed by atoms with van der Waals surface area (Å²) < 4.78 is 99.2. The maximum Gasteiger partial charge on any atom is 0.393 e. The molecule has 1 heterocycles. The summed E-state index contributed by atoms with van der Waals surface area (Å²) in [4.78, 5) is 0.125. The van der Waals surface area contributed by atoms with E-state index in [-0.39, 0.29) is 4.90 Å². The van der Waals surface area contributed by atoms with Gasteiger partial charge in [0.1, 0.15) is 6.33 Å². The number of piperidine rings is 1. The van der Waals surface area contributed by atoms with Crippen molar-refractivity contribution in [2.45, 2.75) is 18.8 Å². The zero-order valence-corrected chi connectivity index (χ0v) is 8.82. The van der Waals surface area contributed by atoms with Crippen LogP contribution >= 0.6 is 0 Å². The van der Waals surface area contributed by atoms with E-state index in [4.69, 9.17) is 0 Å². The molecule has 1 rings (SSSR count). The Labute approximate surface area is 97.0 Å². The van der Waals surface area contributed by atoms with Crippen molar-refractivity contribution in [1.29, 1.82) is 0 Å². The smallest absolute Gasteiger partial charge is 0.345 e. The van der Waals surface area contributed by atoms with Gasteiger partial charge >= 0.3 is 12.4 Å². The summed E-state index contributed by atoms with van der Waals surface area (Å²) in [6, 6.07) is 0. The first kappa shape index (κ1) is 15.0. The van der Waals surface area contributed by atoms with E-state index in [9.17, 15) is 35.1 Å². The first-order valence-corrected chi connectivity index (χ1v) is 4.90. The summed E-state index contributed by atoms with van der Waals surface area (Å²) in [6.45, 7) is -2.02. The second-order valence-electron chi connectivity index (χ2n) is 4.05. The molecule has 106 valence electrons. The number of alkyl halides is 6. The quantitative estimate of drug-likeness (QED) is 0.523. The maximum absolute atomic E-state index is 12.8. The van der Waals surface area contributed by atoms with Gasteiger partial charge in [-0.1, -0.05) is 0 Å². The Bertz CT molecular complexity index is 296. The van der Waals surface area contributed by atoms with Gasteiger partial charge in [0, 0.05) is 13.1 Å². The topological polar surface area (TPSA) is 3.24 Å². The van der Waals surface area contributed by atoms with Crippen molar-refractivity contribution in [2.75, 3.05) is 13.1 Å². The van der Waals surface area contributed by atoms with E-state index in [0.717, 1.165) is 0 Å². The minimum Gasteiger partial charge on any atom is -0.345 e. The highest BCUT2D eigenvalue weighted by atomic mass is 19.4. The zero-order chi connectivity index (χ0) is 14.1. The van der Waals surface area contributed by atoms with Gasteiger partial charge in [-0.25, -0.2) is 4.39 Å². The molecule has 0 aromatic carbocycles. The van der Waals surface area contributed by atoms with Crippen LogP contribution < -0.4 is 0 Å². The normalized spacial score (nSPS) is 27.6. The fraction of sp³-hybridized carbons (Fsp3) is 0.778. The monoisotopic (exact) mass is 283 g/mol. The lowest BCUT2D eigenvalue weighted by molar-refractivity contribution is -0.229. The minimum atomic E-state index is -4.88. The van der Waals surface area contributed by atoms with E-state index in [0.29, 0.717) is 0 Å². The van der Waals surface area contributed by atoms with Gasteiger partial charge < -0.3 is 4.90 Å². The van der Waals surface area contributed by atoms with Crippen LogP contribution in [0.1, 0.15) is 6.42 Å². The van der Waals surface area contributed by atoms with Crippen molar-refractivity contribution in [1.82, 2.24) is 4.90 Å². The molecule has 0 N–H and O–H groups in total. The van der Waals surface area contributed by atoms with Crippen LogP contribution in [0.4, 0.5) is 35.1 Å². The maximum atomic E-state index is 12.8. The Morgan fingerprint density at radius 2 is 1.33 bits per heavy atom. The van der Waals surface area contributed by atoms with E-state index >= 15 is 0 Å². The van der Waals surface area contributed by atoms with Gasteiger partial charge in [0.15, 0.2) is 0 Å². The highest BCUT2D eigenvalue weighted by molar-refractivity contribution is 4.94.